The molecule has 1 aromatic rings. The summed E-state index contributed by atoms with van der Waals surface area (Å²) in [7, 11) is 0. The summed E-state index contributed by atoms with van der Waals surface area (Å²) in [6.07, 6.45) is 1.43. The van der Waals surface area contributed by atoms with E-state index in [0.29, 0.717) is 6.10 Å². The van der Waals surface area contributed by atoms with Crippen molar-refractivity contribution in [2.45, 2.75) is 19.4 Å². The summed E-state index contributed by atoms with van der Waals surface area (Å²) >= 11 is 2.36. The van der Waals surface area contributed by atoms with E-state index in [1.165, 1.54) is 9.13 Å². The van der Waals surface area contributed by atoms with Crippen molar-refractivity contribution in [2.75, 3.05) is 0 Å². The highest BCUT2D eigenvalue weighted by atomic mass is 127. The van der Waals surface area contributed by atoms with Crippen molar-refractivity contribution in [3.05, 3.63) is 27.3 Å². The van der Waals surface area contributed by atoms with Gasteiger partial charge in [-0.15, -0.1) is 0 Å². The Balaban J connectivity index is 2.49. The molecule has 0 spiro atoms. The first-order valence-corrected chi connectivity index (χ1v) is 4.79. The van der Waals surface area contributed by atoms with Crippen molar-refractivity contribution in [2.24, 2.45) is 0 Å². The number of rotatable bonds is 0. The molecule has 0 amide bonds. The Morgan fingerprint density at radius 1 is 1.55 bits per heavy atom. The summed E-state index contributed by atoms with van der Waals surface area (Å²) in [6, 6.07) is 6.21. The van der Waals surface area contributed by atoms with E-state index >= 15 is 0 Å². The van der Waals surface area contributed by atoms with Crippen molar-refractivity contribution in [3.8, 4) is 5.75 Å². The first-order chi connectivity index (χ1) is 5.27. The molecule has 0 saturated carbocycles. The quantitative estimate of drug-likeness (QED) is 0.651. The molecule has 0 aromatic heterocycles. The van der Waals surface area contributed by atoms with Crippen molar-refractivity contribution in [1.29, 1.82) is 0 Å². The van der Waals surface area contributed by atoms with Crippen LogP contribution >= 0.6 is 22.6 Å². The Hall–Kier alpha value is -0.250. The Morgan fingerprint density at radius 2 is 2.36 bits per heavy atom. The van der Waals surface area contributed by atoms with E-state index < -0.39 is 0 Å². The highest BCUT2D eigenvalue weighted by Crippen LogP contribution is 2.31. The second kappa shape index (κ2) is 2.66. The van der Waals surface area contributed by atoms with Gasteiger partial charge >= 0.3 is 0 Å². The number of benzene rings is 1. The lowest BCUT2D eigenvalue weighted by Crippen LogP contribution is -2.05. The fourth-order valence-corrected chi connectivity index (χ4v) is 2.09. The molecule has 1 nitrogen and oxygen atoms in total. The van der Waals surface area contributed by atoms with Gasteiger partial charge in [0.15, 0.2) is 0 Å². The Morgan fingerprint density at radius 3 is 3.09 bits per heavy atom. The van der Waals surface area contributed by atoms with Gasteiger partial charge in [-0.25, -0.2) is 0 Å². The van der Waals surface area contributed by atoms with Crippen molar-refractivity contribution in [1.82, 2.24) is 0 Å². The van der Waals surface area contributed by atoms with Gasteiger partial charge < -0.3 is 4.74 Å². The fraction of sp³-hybridized carbons (Fsp3) is 0.333. The van der Waals surface area contributed by atoms with E-state index in [2.05, 4.69) is 35.6 Å². The minimum absolute atomic E-state index is 0.362. The molecule has 0 aliphatic carbocycles. The third-order valence-corrected chi connectivity index (χ3v) is 2.91. The SMILES string of the molecule is CC1Cc2c(I)cccc2O1. The van der Waals surface area contributed by atoms with Crippen LogP contribution in [0.2, 0.25) is 0 Å². The highest BCUT2D eigenvalue weighted by Gasteiger charge is 2.20. The van der Waals surface area contributed by atoms with Crippen LogP contribution in [0, 0.1) is 3.57 Å². The highest BCUT2D eigenvalue weighted by molar-refractivity contribution is 14.1. The van der Waals surface area contributed by atoms with Crippen molar-refractivity contribution < 1.29 is 4.74 Å². The topological polar surface area (TPSA) is 9.23 Å². The summed E-state index contributed by atoms with van der Waals surface area (Å²) in [5, 5.41) is 0. The predicted octanol–water partition coefficient (Wildman–Crippen LogP) is 2.61. The van der Waals surface area contributed by atoms with Crippen LogP contribution in [0.25, 0.3) is 0 Å². The molecule has 1 atom stereocenters. The molecule has 2 rings (SSSR count). The third kappa shape index (κ3) is 1.24. The molecule has 1 aliphatic rings. The zero-order valence-electron chi connectivity index (χ0n) is 6.30. The lowest BCUT2D eigenvalue weighted by atomic mass is 10.1. The first kappa shape index (κ1) is 7.40. The smallest absolute Gasteiger partial charge is 0.124 e. The number of hydrogen-bond acceptors (Lipinski definition) is 1. The van der Waals surface area contributed by atoms with E-state index in [1.54, 1.807) is 0 Å². The van der Waals surface area contributed by atoms with Crippen LogP contribution in [0.4, 0.5) is 0 Å². The molecule has 1 heterocycles. The van der Waals surface area contributed by atoms with Crippen LogP contribution in [-0.2, 0) is 6.42 Å². The molecule has 1 aliphatic heterocycles. The van der Waals surface area contributed by atoms with Crippen LogP contribution in [0.1, 0.15) is 12.5 Å². The number of fused-ring (bicyclic) bond motifs is 1. The van der Waals surface area contributed by atoms with Crippen LogP contribution in [0.5, 0.6) is 5.75 Å². The zero-order valence-corrected chi connectivity index (χ0v) is 8.46. The van der Waals surface area contributed by atoms with E-state index in [1.807, 2.05) is 12.1 Å². The van der Waals surface area contributed by atoms with Gasteiger partial charge in [0.1, 0.15) is 11.9 Å². The van der Waals surface area contributed by atoms with Crippen LogP contribution in [0.3, 0.4) is 0 Å². The largest absolute Gasteiger partial charge is 0.490 e. The molecular weight excluding hydrogens is 251 g/mol. The maximum Gasteiger partial charge on any atom is 0.124 e. The standard InChI is InChI=1S/C9H9IO/c1-6-5-7-8(10)3-2-4-9(7)11-6/h2-4,6H,5H2,1H3. The van der Waals surface area contributed by atoms with Crippen LogP contribution < -0.4 is 4.74 Å². The van der Waals surface area contributed by atoms with Gasteiger partial charge in [0.25, 0.3) is 0 Å². The summed E-state index contributed by atoms with van der Waals surface area (Å²) in [5.74, 6) is 1.07. The fourth-order valence-electron chi connectivity index (χ4n) is 1.39. The normalized spacial score (nSPS) is 21.1. The molecule has 0 saturated heterocycles. The summed E-state index contributed by atoms with van der Waals surface area (Å²) in [6.45, 7) is 2.11. The van der Waals surface area contributed by atoms with Gasteiger partial charge in [-0.3, -0.25) is 0 Å². The number of halogens is 1. The van der Waals surface area contributed by atoms with E-state index in [9.17, 15) is 0 Å². The number of hydrogen-bond donors (Lipinski definition) is 0. The maximum atomic E-state index is 5.58. The Labute approximate surface area is 79.9 Å². The molecule has 11 heavy (non-hydrogen) atoms. The van der Waals surface area contributed by atoms with Gasteiger partial charge in [0, 0.05) is 15.6 Å². The zero-order chi connectivity index (χ0) is 7.84. The maximum absolute atomic E-state index is 5.58. The van der Waals surface area contributed by atoms with E-state index in [4.69, 9.17) is 4.74 Å². The van der Waals surface area contributed by atoms with Gasteiger partial charge in [0.05, 0.1) is 0 Å². The average molecular weight is 260 g/mol. The summed E-state index contributed by atoms with van der Waals surface area (Å²) < 4.78 is 6.91. The monoisotopic (exact) mass is 260 g/mol. The molecular formula is C9H9IO. The molecule has 1 unspecified atom stereocenters. The van der Waals surface area contributed by atoms with Gasteiger partial charge in [-0.2, -0.15) is 0 Å². The van der Waals surface area contributed by atoms with Crippen LogP contribution in [0.15, 0.2) is 18.2 Å². The van der Waals surface area contributed by atoms with Crippen molar-refractivity contribution >= 4 is 22.6 Å². The second-order valence-electron chi connectivity index (χ2n) is 2.85. The third-order valence-electron chi connectivity index (χ3n) is 1.90. The van der Waals surface area contributed by atoms with Gasteiger partial charge in [-0.1, -0.05) is 6.07 Å². The average Bonchev–Trinajstić information content (AvgIpc) is 2.31. The lowest BCUT2D eigenvalue weighted by molar-refractivity contribution is 0.254. The van der Waals surface area contributed by atoms with Gasteiger partial charge in [0.2, 0.25) is 0 Å². The van der Waals surface area contributed by atoms with Crippen LogP contribution in [-0.4, -0.2) is 6.10 Å². The number of ether oxygens (including phenoxy) is 1. The minimum Gasteiger partial charge on any atom is -0.490 e. The van der Waals surface area contributed by atoms with E-state index in [-0.39, 0.29) is 0 Å². The second-order valence-corrected chi connectivity index (χ2v) is 4.01. The van der Waals surface area contributed by atoms with Crippen molar-refractivity contribution in [3.63, 3.8) is 0 Å². The summed E-state index contributed by atoms with van der Waals surface area (Å²) in [4.78, 5) is 0. The Kier molecular flexibility index (Phi) is 1.79. The minimum atomic E-state index is 0.362. The molecule has 0 radical (unpaired) electrons. The van der Waals surface area contributed by atoms with E-state index in [0.717, 1.165) is 12.2 Å². The molecule has 2 heteroatoms. The summed E-state index contributed by atoms with van der Waals surface area (Å²) in [5.41, 5.74) is 1.38. The molecule has 0 fully saturated rings. The Bertz CT molecular complexity index is 283. The molecule has 0 bridgehead atoms. The molecule has 1 aromatic carbocycles. The molecule has 58 valence electrons. The first-order valence-electron chi connectivity index (χ1n) is 3.71. The molecule has 0 N–H and O–H groups in total. The predicted molar refractivity (Wildman–Crippen MR) is 53.0 cm³/mol. The van der Waals surface area contributed by atoms with Gasteiger partial charge in [-0.05, 0) is 41.6 Å². The lowest BCUT2D eigenvalue weighted by Gasteiger charge is -2.01.